The van der Waals surface area contributed by atoms with Gasteiger partial charge in [0.15, 0.2) is 5.13 Å². The topological polar surface area (TPSA) is 36.4 Å². The average Bonchev–Trinajstić information content (AvgIpc) is 3.35. The molecular weight excluding hydrogens is 318 g/mol. The van der Waals surface area contributed by atoms with Crippen molar-refractivity contribution in [2.24, 2.45) is 5.92 Å². The number of amides is 1. The van der Waals surface area contributed by atoms with Gasteiger partial charge in [-0.2, -0.15) is 0 Å². The van der Waals surface area contributed by atoms with Gasteiger partial charge < -0.3 is 9.80 Å². The van der Waals surface area contributed by atoms with Gasteiger partial charge in [0.25, 0.3) is 0 Å². The van der Waals surface area contributed by atoms with Crippen LogP contribution >= 0.6 is 11.3 Å². The number of nitrogens with zero attached hydrogens (tertiary/aromatic N) is 3. The molecule has 0 bridgehead atoms. The van der Waals surface area contributed by atoms with Crippen LogP contribution in [0, 0.1) is 12.8 Å². The highest BCUT2D eigenvalue weighted by Crippen LogP contribution is 2.48. The Kier molecular flexibility index (Phi) is 4.27. The second kappa shape index (κ2) is 6.55. The van der Waals surface area contributed by atoms with Crippen molar-refractivity contribution in [3.63, 3.8) is 0 Å². The molecule has 126 valence electrons. The zero-order valence-electron chi connectivity index (χ0n) is 14.0. The van der Waals surface area contributed by atoms with E-state index in [-0.39, 0.29) is 5.92 Å². The fourth-order valence-electron chi connectivity index (χ4n) is 3.59. The Hall–Kier alpha value is -1.88. The van der Waals surface area contributed by atoms with Crippen LogP contribution in [0.4, 0.5) is 5.13 Å². The average molecular weight is 341 g/mol. The van der Waals surface area contributed by atoms with Crippen molar-refractivity contribution >= 4 is 22.4 Å². The number of benzene rings is 1. The summed E-state index contributed by atoms with van der Waals surface area (Å²) in [4.78, 5) is 21.8. The highest BCUT2D eigenvalue weighted by atomic mass is 32.1. The SMILES string of the molecule is Cc1csc(N2CCCN(C(=O)[C@H]3C[C@@H]3c3ccccc3)CC2)n1. The van der Waals surface area contributed by atoms with Crippen LogP contribution in [0.2, 0.25) is 0 Å². The maximum Gasteiger partial charge on any atom is 0.226 e. The van der Waals surface area contributed by atoms with Gasteiger partial charge in [-0.1, -0.05) is 30.3 Å². The fraction of sp³-hybridized carbons (Fsp3) is 0.474. The molecule has 1 aliphatic carbocycles. The first kappa shape index (κ1) is 15.6. The van der Waals surface area contributed by atoms with E-state index >= 15 is 0 Å². The maximum absolute atomic E-state index is 12.8. The van der Waals surface area contributed by atoms with Gasteiger partial charge in [-0.05, 0) is 31.2 Å². The van der Waals surface area contributed by atoms with Crippen LogP contribution in [0.1, 0.15) is 30.0 Å². The van der Waals surface area contributed by atoms with E-state index in [9.17, 15) is 4.79 Å². The zero-order valence-corrected chi connectivity index (χ0v) is 14.8. The summed E-state index contributed by atoms with van der Waals surface area (Å²) in [6.07, 6.45) is 2.03. The van der Waals surface area contributed by atoms with Crippen molar-refractivity contribution in [2.75, 3.05) is 31.1 Å². The minimum atomic E-state index is 0.195. The number of hydrogen-bond acceptors (Lipinski definition) is 4. The highest BCUT2D eigenvalue weighted by Gasteiger charge is 2.45. The minimum absolute atomic E-state index is 0.195. The first-order chi connectivity index (χ1) is 11.7. The van der Waals surface area contributed by atoms with Crippen LogP contribution in [0.5, 0.6) is 0 Å². The molecule has 0 radical (unpaired) electrons. The maximum atomic E-state index is 12.8. The second-order valence-electron chi connectivity index (χ2n) is 6.80. The standard InChI is InChI=1S/C19H23N3OS/c1-14-13-24-19(20-14)22-9-5-8-21(10-11-22)18(23)17-12-16(17)15-6-3-2-4-7-15/h2-4,6-7,13,16-17H,5,8-12H2,1H3/t16-,17+/m1/s1. The largest absolute Gasteiger partial charge is 0.346 e. The van der Waals surface area contributed by atoms with Gasteiger partial charge in [-0.3, -0.25) is 4.79 Å². The number of carbonyl (C=O) groups is 1. The summed E-state index contributed by atoms with van der Waals surface area (Å²) < 4.78 is 0. The van der Waals surface area contributed by atoms with Crippen LogP contribution in [0.15, 0.2) is 35.7 Å². The molecule has 24 heavy (non-hydrogen) atoms. The summed E-state index contributed by atoms with van der Waals surface area (Å²) in [6.45, 7) is 5.60. The Labute approximate surface area is 147 Å². The molecule has 5 heteroatoms. The van der Waals surface area contributed by atoms with Gasteiger partial charge in [0.2, 0.25) is 5.91 Å². The molecule has 2 fully saturated rings. The van der Waals surface area contributed by atoms with Crippen molar-refractivity contribution < 1.29 is 4.79 Å². The molecule has 1 saturated carbocycles. The van der Waals surface area contributed by atoms with E-state index in [0.717, 1.165) is 49.8 Å². The van der Waals surface area contributed by atoms with Gasteiger partial charge >= 0.3 is 0 Å². The first-order valence-corrected chi connectivity index (χ1v) is 9.61. The van der Waals surface area contributed by atoms with Crippen molar-refractivity contribution in [2.45, 2.75) is 25.7 Å². The molecule has 0 unspecified atom stereocenters. The van der Waals surface area contributed by atoms with Crippen molar-refractivity contribution in [3.8, 4) is 0 Å². The lowest BCUT2D eigenvalue weighted by molar-refractivity contribution is -0.132. The lowest BCUT2D eigenvalue weighted by atomic mass is 10.1. The number of anilines is 1. The third-order valence-corrected chi connectivity index (χ3v) is 6.04. The smallest absolute Gasteiger partial charge is 0.226 e. The molecule has 2 aliphatic rings. The molecule has 0 spiro atoms. The monoisotopic (exact) mass is 341 g/mol. The van der Waals surface area contributed by atoms with E-state index in [1.54, 1.807) is 11.3 Å². The zero-order chi connectivity index (χ0) is 16.5. The number of aromatic nitrogens is 1. The molecule has 0 N–H and O–H groups in total. The van der Waals surface area contributed by atoms with Gasteiger partial charge in [0, 0.05) is 37.5 Å². The predicted molar refractivity (Wildman–Crippen MR) is 97.6 cm³/mol. The summed E-state index contributed by atoms with van der Waals surface area (Å²) in [6, 6.07) is 10.5. The molecule has 1 saturated heterocycles. The Morgan fingerprint density at radius 3 is 2.75 bits per heavy atom. The lowest BCUT2D eigenvalue weighted by Crippen LogP contribution is -2.36. The summed E-state index contributed by atoms with van der Waals surface area (Å²) in [5.74, 6) is 0.974. The van der Waals surface area contributed by atoms with Crippen LogP contribution in [0.3, 0.4) is 0 Å². The number of hydrogen-bond donors (Lipinski definition) is 0. The summed E-state index contributed by atoms with van der Waals surface area (Å²) >= 11 is 1.70. The van der Waals surface area contributed by atoms with E-state index in [1.807, 2.05) is 13.0 Å². The highest BCUT2D eigenvalue weighted by molar-refractivity contribution is 7.13. The Bertz CT molecular complexity index is 714. The van der Waals surface area contributed by atoms with E-state index in [1.165, 1.54) is 5.56 Å². The Morgan fingerprint density at radius 2 is 2.00 bits per heavy atom. The molecule has 1 aromatic carbocycles. The molecule has 1 amide bonds. The lowest BCUT2D eigenvalue weighted by Gasteiger charge is -2.22. The Morgan fingerprint density at radius 1 is 1.17 bits per heavy atom. The number of thiazole rings is 1. The Balaban J connectivity index is 1.37. The number of carbonyl (C=O) groups excluding carboxylic acids is 1. The van der Waals surface area contributed by atoms with Crippen LogP contribution in [0.25, 0.3) is 0 Å². The predicted octanol–water partition coefficient (Wildman–Crippen LogP) is 3.29. The first-order valence-electron chi connectivity index (χ1n) is 8.73. The quantitative estimate of drug-likeness (QED) is 0.859. The van der Waals surface area contributed by atoms with Gasteiger partial charge in [-0.15, -0.1) is 11.3 Å². The van der Waals surface area contributed by atoms with Gasteiger partial charge in [0.1, 0.15) is 0 Å². The number of aryl methyl sites for hydroxylation is 1. The molecule has 2 aromatic rings. The van der Waals surface area contributed by atoms with Crippen molar-refractivity contribution in [3.05, 3.63) is 47.0 Å². The van der Waals surface area contributed by atoms with Gasteiger partial charge in [-0.25, -0.2) is 4.98 Å². The molecule has 4 rings (SSSR count). The van der Waals surface area contributed by atoms with Crippen LogP contribution in [-0.2, 0) is 4.79 Å². The van der Waals surface area contributed by atoms with Crippen LogP contribution in [-0.4, -0.2) is 42.0 Å². The van der Waals surface area contributed by atoms with Gasteiger partial charge in [0.05, 0.1) is 5.69 Å². The molecule has 1 aromatic heterocycles. The number of rotatable bonds is 3. The fourth-order valence-corrected chi connectivity index (χ4v) is 4.44. The van der Waals surface area contributed by atoms with E-state index in [0.29, 0.717) is 11.8 Å². The minimum Gasteiger partial charge on any atom is -0.346 e. The molecule has 2 heterocycles. The van der Waals surface area contributed by atoms with Crippen molar-refractivity contribution in [1.29, 1.82) is 0 Å². The van der Waals surface area contributed by atoms with E-state index in [2.05, 4.69) is 44.4 Å². The normalized spacial score (nSPS) is 23.9. The van der Waals surface area contributed by atoms with E-state index < -0.39 is 0 Å². The summed E-state index contributed by atoms with van der Waals surface area (Å²) in [5, 5.41) is 3.19. The van der Waals surface area contributed by atoms with Crippen molar-refractivity contribution in [1.82, 2.24) is 9.88 Å². The molecule has 2 atom stereocenters. The molecule has 4 nitrogen and oxygen atoms in total. The molecule has 1 aliphatic heterocycles. The van der Waals surface area contributed by atoms with E-state index in [4.69, 9.17) is 0 Å². The van der Waals surface area contributed by atoms with Crippen LogP contribution < -0.4 is 4.90 Å². The summed E-state index contributed by atoms with van der Waals surface area (Å²) in [7, 11) is 0. The third-order valence-electron chi connectivity index (χ3n) is 5.02. The summed E-state index contributed by atoms with van der Waals surface area (Å²) in [5.41, 5.74) is 2.39. The third kappa shape index (κ3) is 3.18. The molecular formula is C19H23N3OS. The second-order valence-corrected chi connectivity index (χ2v) is 7.63.